The summed E-state index contributed by atoms with van der Waals surface area (Å²) in [6, 6.07) is 4.92. The van der Waals surface area contributed by atoms with Gasteiger partial charge in [-0.3, -0.25) is 9.59 Å². The van der Waals surface area contributed by atoms with E-state index in [1.165, 1.54) is 12.3 Å². The van der Waals surface area contributed by atoms with E-state index < -0.39 is 0 Å². The van der Waals surface area contributed by atoms with Gasteiger partial charge >= 0.3 is 0 Å². The van der Waals surface area contributed by atoms with E-state index in [4.69, 9.17) is 0 Å². The summed E-state index contributed by atoms with van der Waals surface area (Å²) in [5.41, 5.74) is 0.455. The number of hydrazone groups is 1. The van der Waals surface area contributed by atoms with Crippen molar-refractivity contribution in [1.82, 2.24) is 5.01 Å². The SMILES string of the molecule is O=C1[C@@H]2[C@@H](C(=O)N1/N=C\c1cc(Br)ccc1O)[C@@H]1C=C[C@@H]2CC1. The zero-order valence-electron chi connectivity index (χ0n) is 12.2. The molecule has 5 rings (SSSR count). The lowest BCUT2D eigenvalue weighted by atomic mass is 9.63. The number of fused-ring (bicyclic) bond motifs is 1. The number of hydrogen-bond donors (Lipinski definition) is 1. The molecule has 2 fully saturated rings. The highest BCUT2D eigenvalue weighted by molar-refractivity contribution is 9.10. The monoisotopic (exact) mass is 374 g/mol. The third-order valence-corrected chi connectivity index (χ3v) is 5.53. The minimum atomic E-state index is -0.264. The van der Waals surface area contributed by atoms with Crippen molar-refractivity contribution in [3.63, 3.8) is 0 Å². The van der Waals surface area contributed by atoms with Crippen molar-refractivity contribution >= 4 is 34.0 Å². The Kier molecular flexibility index (Phi) is 3.37. The number of aromatic hydroxyl groups is 1. The van der Waals surface area contributed by atoms with Gasteiger partial charge in [-0.15, -0.1) is 0 Å². The first-order chi connectivity index (χ1) is 11.1. The van der Waals surface area contributed by atoms with E-state index in [0.29, 0.717) is 5.56 Å². The van der Waals surface area contributed by atoms with Crippen LogP contribution in [0, 0.1) is 23.7 Å². The molecule has 3 aliphatic carbocycles. The minimum Gasteiger partial charge on any atom is -0.507 e. The maximum atomic E-state index is 12.6. The number of imide groups is 1. The Morgan fingerprint density at radius 2 is 1.74 bits per heavy atom. The van der Waals surface area contributed by atoms with Crippen LogP contribution in [0.1, 0.15) is 18.4 Å². The molecular weight excluding hydrogens is 360 g/mol. The summed E-state index contributed by atoms with van der Waals surface area (Å²) in [6.07, 6.45) is 7.45. The molecule has 0 radical (unpaired) electrons. The molecule has 1 N–H and O–H groups in total. The fourth-order valence-corrected chi connectivity index (χ4v) is 4.30. The molecule has 5 nitrogen and oxygen atoms in total. The Balaban J connectivity index is 1.63. The Hall–Kier alpha value is -1.95. The fourth-order valence-electron chi connectivity index (χ4n) is 3.92. The highest BCUT2D eigenvalue weighted by Crippen LogP contribution is 2.49. The molecule has 4 aliphatic rings. The van der Waals surface area contributed by atoms with Crippen LogP contribution < -0.4 is 0 Å². The van der Waals surface area contributed by atoms with Gasteiger partial charge in [0.25, 0.3) is 11.8 Å². The second-order valence-corrected chi connectivity index (χ2v) is 7.19. The van der Waals surface area contributed by atoms with E-state index in [1.807, 2.05) is 0 Å². The molecule has 0 unspecified atom stereocenters. The van der Waals surface area contributed by atoms with E-state index >= 15 is 0 Å². The third-order valence-electron chi connectivity index (χ3n) is 5.04. The number of amides is 2. The van der Waals surface area contributed by atoms with Crippen LogP contribution in [0.5, 0.6) is 5.75 Å². The molecule has 1 heterocycles. The normalized spacial score (nSPS) is 32.1. The number of phenols is 1. The average molecular weight is 375 g/mol. The number of benzene rings is 1. The third kappa shape index (κ3) is 2.24. The lowest BCUT2D eigenvalue weighted by molar-refractivity contribution is -0.140. The van der Waals surface area contributed by atoms with Gasteiger partial charge < -0.3 is 5.11 Å². The number of hydrogen-bond acceptors (Lipinski definition) is 4. The zero-order chi connectivity index (χ0) is 16.1. The summed E-state index contributed by atoms with van der Waals surface area (Å²) in [5.74, 6) is -0.606. The van der Waals surface area contributed by atoms with Gasteiger partial charge in [0.15, 0.2) is 0 Å². The predicted molar refractivity (Wildman–Crippen MR) is 87.6 cm³/mol. The van der Waals surface area contributed by atoms with Crippen molar-refractivity contribution < 1.29 is 14.7 Å². The number of carbonyl (C=O) groups is 2. The van der Waals surface area contributed by atoms with Gasteiger partial charge in [0.1, 0.15) is 5.75 Å². The standard InChI is InChI=1S/C17H15BrN2O3/c18-12-5-6-13(21)11(7-12)8-19-20-16(22)14-9-1-2-10(4-3-9)15(14)17(20)23/h1-2,5-10,14-15,21H,3-4H2/b19-8-/t9-,10-,14+,15+/m1/s1. The lowest BCUT2D eigenvalue weighted by Gasteiger charge is -2.37. The number of rotatable bonds is 2. The molecule has 0 spiro atoms. The molecule has 2 amide bonds. The van der Waals surface area contributed by atoms with E-state index in [1.54, 1.807) is 12.1 Å². The number of phenolic OH excluding ortho intramolecular Hbond substituents is 1. The quantitative estimate of drug-likeness (QED) is 0.491. The highest BCUT2D eigenvalue weighted by Gasteiger charge is 2.56. The van der Waals surface area contributed by atoms with Crippen LogP contribution in [0.4, 0.5) is 0 Å². The van der Waals surface area contributed by atoms with Crippen LogP contribution in [-0.2, 0) is 9.59 Å². The molecule has 4 atom stereocenters. The maximum Gasteiger partial charge on any atom is 0.254 e. The smallest absolute Gasteiger partial charge is 0.254 e. The summed E-state index contributed by atoms with van der Waals surface area (Å²) < 4.78 is 0.784. The Morgan fingerprint density at radius 3 is 2.30 bits per heavy atom. The van der Waals surface area contributed by atoms with Crippen LogP contribution >= 0.6 is 15.9 Å². The minimum absolute atomic E-state index is 0.0511. The van der Waals surface area contributed by atoms with Crippen molar-refractivity contribution in [2.75, 3.05) is 0 Å². The van der Waals surface area contributed by atoms with Crippen molar-refractivity contribution in [1.29, 1.82) is 0 Å². The predicted octanol–water partition coefficient (Wildman–Crippen LogP) is 2.69. The molecule has 1 saturated heterocycles. The van der Waals surface area contributed by atoms with Crippen LogP contribution in [0.3, 0.4) is 0 Å². The molecule has 118 valence electrons. The molecule has 1 aromatic rings. The molecule has 1 aromatic carbocycles. The second-order valence-electron chi connectivity index (χ2n) is 6.28. The van der Waals surface area contributed by atoms with Crippen LogP contribution in [0.15, 0.2) is 39.9 Å². The molecule has 2 bridgehead atoms. The fraction of sp³-hybridized carbons (Fsp3) is 0.353. The number of allylic oxidation sites excluding steroid dienone is 2. The van der Waals surface area contributed by atoms with Gasteiger partial charge in [0, 0.05) is 10.0 Å². The van der Waals surface area contributed by atoms with Gasteiger partial charge in [0.2, 0.25) is 0 Å². The van der Waals surface area contributed by atoms with Gasteiger partial charge in [0.05, 0.1) is 18.1 Å². The molecule has 0 aromatic heterocycles. The molecule has 1 aliphatic heterocycles. The van der Waals surface area contributed by atoms with E-state index in [9.17, 15) is 14.7 Å². The second kappa shape index (κ2) is 5.30. The van der Waals surface area contributed by atoms with Crippen LogP contribution in [0.25, 0.3) is 0 Å². The molecule has 6 heteroatoms. The Labute approximate surface area is 141 Å². The Morgan fingerprint density at radius 1 is 1.13 bits per heavy atom. The van der Waals surface area contributed by atoms with Crippen molar-refractivity contribution in [2.24, 2.45) is 28.8 Å². The molecule has 1 saturated carbocycles. The van der Waals surface area contributed by atoms with Crippen molar-refractivity contribution in [2.45, 2.75) is 12.8 Å². The van der Waals surface area contributed by atoms with E-state index in [0.717, 1.165) is 22.3 Å². The van der Waals surface area contributed by atoms with Crippen LogP contribution in [0.2, 0.25) is 0 Å². The molecule has 23 heavy (non-hydrogen) atoms. The van der Waals surface area contributed by atoms with Gasteiger partial charge in [-0.05, 0) is 42.9 Å². The highest BCUT2D eigenvalue weighted by atomic mass is 79.9. The van der Waals surface area contributed by atoms with Crippen LogP contribution in [-0.4, -0.2) is 28.1 Å². The molecular formula is C17H15BrN2O3. The first-order valence-electron chi connectivity index (χ1n) is 7.65. The summed E-state index contributed by atoms with van der Waals surface area (Å²) in [6.45, 7) is 0. The van der Waals surface area contributed by atoms with E-state index in [-0.39, 0.29) is 41.2 Å². The van der Waals surface area contributed by atoms with E-state index in [2.05, 4.69) is 33.2 Å². The summed E-state index contributed by atoms with van der Waals surface area (Å²) in [5, 5.41) is 14.9. The maximum absolute atomic E-state index is 12.6. The largest absolute Gasteiger partial charge is 0.507 e. The summed E-state index contributed by atoms with van der Waals surface area (Å²) in [7, 11) is 0. The topological polar surface area (TPSA) is 70.0 Å². The van der Waals surface area contributed by atoms with Crippen molar-refractivity contribution in [3.05, 3.63) is 40.4 Å². The average Bonchev–Trinajstić information content (AvgIpc) is 2.83. The zero-order valence-corrected chi connectivity index (χ0v) is 13.8. The first-order valence-corrected chi connectivity index (χ1v) is 8.44. The summed E-state index contributed by atoms with van der Waals surface area (Å²) in [4.78, 5) is 25.2. The number of halogens is 1. The number of nitrogens with zero attached hydrogens (tertiary/aromatic N) is 2. The summed E-state index contributed by atoms with van der Waals surface area (Å²) >= 11 is 3.32. The number of carbonyl (C=O) groups excluding carboxylic acids is 2. The first kappa shape index (κ1) is 14.6. The lowest BCUT2D eigenvalue weighted by Crippen LogP contribution is -2.38. The van der Waals surface area contributed by atoms with Gasteiger partial charge in [-0.2, -0.15) is 10.1 Å². The Bertz CT molecular complexity index is 726. The van der Waals surface area contributed by atoms with Gasteiger partial charge in [-0.1, -0.05) is 28.1 Å². The van der Waals surface area contributed by atoms with Crippen molar-refractivity contribution in [3.8, 4) is 5.75 Å². The van der Waals surface area contributed by atoms with Gasteiger partial charge in [-0.25, -0.2) is 0 Å².